The maximum absolute atomic E-state index is 5.71. The third kappa shape index (κ3) is 3.10. The van der Waals surface area contributed by atoms with Crippen molar-refractivity contribution >= 4 is 50.3 Å². The van der Waals surface area contributed by atoms with Gasteiger partial charge in [-0.3, -0.25) is 4.98 Å². The Balaban J connectivity index is 1.82. The standard InChI is InChI=1S/C19H16BrN3S2/c1-12-11-13(7-8-14(12)20)23-18(16-6-4-10-25-16)17(22-19(23)24)15-5-2-3-9-21-15/h2-11,17-18H,1H3,(H,22,24)/t17-,18-/m1/s1. The Morgan fingerprint density at radius 2 is 2.08 bits per heavy atom. The Morgan fingerprint density at radius 1 is 1.20 bits per heavy atom. The van der Waals surface area contributed by atoms with Crippen molar-refractivity contribution in [3.63, 3.8) is 0 Å². The molecule has 6 heteroatoms. The van der Waals surface area contributed by atoms with Gasteiger partial charge in [-0.05, 0) is 66.5 Å². The molecular formula is C19H16BrN3S2. The Bertz CT molecular complexity index is 896. The van der Waals surface area contributed by atoms with Gasteiger partial charge in [0, 0.05) is 21.2 Å². The largest absolute Gasteiger partial charge is 0.351 e. The highest BCUT2D eigenvalue weighted by atomic mass is 79.9. The lowest BCUT2D eigenvalue weighted by Gasteiger charge is -2.27. The minimum atomic E-state index is 0.0244. The number of benzene rings is 1. The van der Waals surface area contributed by atoms with Crippen LogP contribution in [0.25, 0.3) is 0 Å². The van der Waals surface area contributed by atoms with Crippen molar-refractivity contribution in [2.75, 3.05) is 4.90 Å². The van der Waals surface area contributed by atoms with Crippen LogP contribution in [-0.2, 0) is 0 Å². The number of rotatable bonds is 3. The zero-order chi connectivity index (χ0) is 17.4. The Morgan fingerprint density at radius 3 is 2.76 bits per heavy atom. The molecule has 25 heavy (non-hydrogen) atoms. The number of anilines is 1. The molecule has 0 bridgehead atoms. The molecule has 1 aliphatic heterocycles. The quantitative estimate of drug-likeness (QED) is 0.564. The molecule has 126 valence electrons. The molecule has 0 aliphatic carbocycles. The maximum atomic E-state index is 5.71. The summed E-state index contributed by atoms with van der Waals surface area (Å²) in [6.45, 7) is 2.09. The molecule has 0 unspecified atom stereocenters. The molecule has 3 nitrogen and oxygen atoms in total. The molecule has 3 aromatic rings. The van der Waals surface area contributed by atoms with E-state index in [2.05, 4.69) is 79.8 Å². The van der Waals surface area contributed by atoms with Gasteiger partial charge in [-0.25, -0.2) is 0 Å². The summed E-state index contributed by atoms with van der Waals surface area (Å²) in [6, 6.07) is 16.7. The fourth-order valence-electron chi connectivity index (χ4n) is 3.16. The summed E-state index contributed by atoms with van der Waals surface area (Å²) in [5, 5.41) is 6.32. The van der Waals surface area contributed by atoms with Crippen molar-refractivity contribution in [3.05, 3.63) is 80.7 Å². The molecule has 3 heterocycles. The first-order chi connectivity index (χ1) is 12.1. The Labute approximate surface area is 164 Å². The summed E-state index contributed by atoms with van der Waals surface area (Å²) < 4.78 is 1.10. The van der Waals surface area contributed by atoms with Gasteiger partial charge in [0.15, 0.2) is 5.11 Å². The predicted octanol–water partition coefficient (Wildman–Crippen LogP) is 5.39. The molecule has 0 amide bonds. The highest BCUT2D eigenvalue weighted by Gasteiger charge is 2.41. The van der Waals surface area contributed by atoms with Crippen molar-refractivity contribution in [1.29, 1.82) is 0 Å². The van der Waals surface area contributed by atoms with E-state index in [4.69, 9.17) is 12.2 Å². The number of aryl methyl sites for hydroxylation is 1. The van der Waals surface area contributed by atoms with E-state index in [1.807, 2.05) is 18.3 Å². The third-order valence-electron chi connectivity index (χ3n) is 4.35. The molecule has 1 fully saturated rings. The fourth-order valence-corrected chi connectivity index (χ4v) is 4.61. The predicted molar refractivity (Wildman–Crippen MR) is 111 cm³/mol. The first kappa shape index (κ1) is 16.7. The first-order valence-electron chi connectivity index (χ1n) is 7.95. The normalized spacial score (nSPS) is 19.9. The summed E-state index contributed by atoms with van der Waals surface area (Å²) in [7, 11) is 0. The summed E-state index contributed by atoms with van der Waals surface area (Å²) in [6.07, 6.45) is 1.83. The molecule has 0 radical (unpaired) electrons. The Kier molecular flexibility index (Phi) is 4.58. The number of nitrogens with zero attached hydrogens (tertiary/aromatic N) is 2. The smallest absolute Gasteiger partial charge is 0.174 e. The van der Waals surface area contributed by atoms with E-state index in [-0.39, 0.29) is 12.1 Å². The van der Waals surface area contributed by atoms with Crippen LogP contribution in [0.4, 0.5) is 5.69 Å². The molecule has 1 aromatic carbocycles. The minimum absolute atomic E-state index is 0.0244. The van der Waals surface area contributed by atoms with Gasteiger partial charge in [0.25, 0.3) is 0 Å². The molecule has 1 saturated heterocycles. The molecule has 4 rings (SSSR count). The van der Waals surface area contributed by atoms with Crippen LogP contribution in [0.3, 0.4) is 0 Å². The van der Waals surface area contributed by atoms with Gasteiger partial charge in [-0.15, -0.1) is 11.3 Å². The van der Waals surface area contributed by atoms with E-state index >= 15 is 0 Å². The summed E-state index contributed by atoms with van der Waals surface area (Å²) in [5.74, 6) is 0. The van der Waals surface area contributed by atoms with Crippen LogP contribution in [0.1, 0.15) is 28.2 Å². The number of thiocarbonyl (C=S) groups is 1. The zero-order valence-electron chi connectivity index (χ0n) is 13.5. The maximum Gasteiger partial charge on any atom is 0.174 e. The molecule has 1 aliphatic rings. The lowest BCUT2D eigenvalue weighted by molar-refractivity contribution is 0.575. The zero-order valence-corrected chi connectivity index (χ0v) is 16.7. The number of pyridine rings is 1. The van der Waals surface area contributed by atoms with E-state index in [0.717, 1.165) is 21.0 Å². The highest BCUT2D eigenvalue weighted by Crippen LogP contribution is 2.43. The van der Waals surface area contributed by atoms with Crippen LogP contribution in [0.15, 0.2) is 64.6 Å². The van der Waals surface area contributed by atoms with Crippen LogP contribution in [-0.4, -0.2) is 10.1 Å². The van der Waals surface area contributed by atoms with Gasteiger partial charge in [0.1, 0.15) is 0 Å². The summed E-state index contributed by atoms with van der Waals surface area (Å²) in [5.41, 5.74) is 3.28. The van der Waals surface area contributed by atoms with Crippen LogP contribution in [0.2, 0.25) is 0 Å². The first-order valence-corrected chi connectivity index (χ1v) is 10.0. The second-order valence-electron chi connectivity index (χ2n) is 5.95. The third-order valence-corrected chi connectivity index (χ3v) is 6.50. The van der Waals surface area contributed by atoms with Gasteiger partial charge in [0.05, 0.1) is 17.8 Å². The van der Waals surface area contributed by atoms with Crippen molar-refractivity contribution in [3.8, 4) is 0 Å². The molecule has 0 spiro atoms. The van der Waals surface area contributed by atoms with E-state index in [1.54, 1.807) is 11.3 Å². The van der Waals surface area contributed by atoms with Crippen LogP contribution >= 0.6 is 39.5 Å². The SMILES string of the molecule is Cc1cc(N2C(=S)N[C@H](c3ccccn3)[C@H]2c2cccs2)ccc1Br. The van der Waals surface area contributed by atoms with Gasteiger partial charge >= 0.3 is 0 Å². The van der Waals surface area contributed by atoms with E-state index in [9.17, 15) is 0 Å². The topological polar surface area (TPSA) is 28.2 Å². The lowest BCUT2D eigenvalue weighted by Crippen LogP contribution is -2.29. The number of halogens is 1. The van der Waals surface area contributed by atoms with Gasteiger partial charge in [0.2, 0.25) is 0 Å². The van der Waals surface area contributed by atoms with Crippen LogP contribution < -0.4 is 10.2 Å². The summed E-state index contributed by atoms with van der Waals surface area (Å²) >= 11 is 11.0. The average Bonchev–Trinajstić information content (AvgIpc) is 3.25. The molecule has 1 N–H and O–H groups in total. The monoisotopic (exact) mass is 429 g/mol. The van der Waals surface area contributed by atoms with Crippen molar-refractivity contribution in [1.82, 2.24) is 10.3 Å². The Hall–Kier alpha value is -1.76. The van der Waals surface area contributed by atoms with E-state index in [1.165, 1.54) is 10.4 Å². The van der Waals surface area contributed by atoms with E-state index < -0.39 is 0 Å². The van der Waals surface area contributed by atoms with Gasteiger partial charge < -0.3 is 10.2 Å². The van der Waals surface area contributed by atoms with Crippen molar-refractivity contribution in [2.45, 2.75) is 19.0 Å². The number of nitrogens with one attached hydrogen (secondary N) is 1. The second kappa shape index (κ2) is 6.86. The molecule has 2 atom stereocenters. The number of aromatic nitrogens is 1. The van der Waals surface area contributed by atoms with Crippen molar-refractivity contribution in [2.24, 2.45) is 0 Å². The number of hydrogen-bond acceptors (Lipinski definition) is 3. The van der Waals surface area contributed by atoms with Crippen molar-refractivity contribution < 1.29 is 0 Å². The number of hydrogen-bond donors (Lipinski definition) is 1. The molecule has 2 aromatic heterocycles. The minimum Gasteiger partial charge on any atom is -0.351 e. The van der Waals surface area contributed by atoms with Gasteiger partial charge in [-0.2, -0.15) is 0 Å². The lowest BCUT2D eigenvalue weighted by atomic mass is 10.0. The highest BCUT2D eigenvalue weighted by molar-refractivity contribution is 9.10. The van der Waals surface area contributed by atoms with Crippen LogP contribution in [0, 0.1) is 6.92 Å². The average molecular weight is 430 g/mol. The summed E-state index contributed by atoms with van der Waals surface area (Å²) in [4.78, 5) is 8.04. The van der Waals surface area contributed by atoms with E-state index in [0.29, 0.717) is 0 Å². The molecular weight excluding hydrogens is 414 g/mol. The fraction of sp³-hybridized carbons (Fsp3) is 0.158. The second-order valence-corrected chi connectivity index (χ2v) is 8.17. The van der Waals surface area contributed by atoms with Crippen LogP contribution in [0.5, 0.6) is 0 Å². The van der Waals surface area contributed by atoms with Gasteiger partial charge in [-0.1, -0.05) is 28.1 Å². The number of thiophene rings is 1. The molecule has 0 saturated carbocycles.